The van der Waals surface area contributed by atoms with Gasteiger partial charge in [0.2, 0.25) is 0 Å². The van der Waals surface area contributed by atoms with Crippen molar-refractivity contribution in [2.75, 3.05) is 5.32 Å². The van der Waals surface area contributed by atoms with E-state index in [0.717, 1.165) is 17.9 Å². The van der Waals surface area contributed by atoms with E-state index in [1.807, 2.05) is 19.2 Å². The molecule has 0 fully saturated rings. The summed E-state index contributed by atoms with van der Waals surface area (Å²) in [5, 5.41) is 10.4. The highest BCUT2D eigenvalue weighted by Crippen LogP contribution is 2.21. The number of nitrogens with one attached hydrogen (secondary N) is 2. The van der Waals surface area contributed by atoms with Gasteiger partial charge in [0.1, 0.15) is 0 Å². The van der Waals surface area contributed by atoms with Crippen LogP contribution < -0.4 is 5.32 Å². The van der Waals surface area contributed by atoms with Gasteiger partial charge in [0.05, 0.1) is 6.20 Å². The van der Waals surface area contributed by atoms with E-state index in [0.29, 0.717) is 0 Å². The zero-order valence-corrected chi connectivity index (χ0v) is 11.4. The first-order valence-corrected chi connectivity index (χ1v) is 6.71. The molecule has 20 heavy (non-hydrogen) atoms. The lowest BCUT2D eigenvalue weighted by Gasteiger charge is -2.07. The van der Waals surface area contributed by atoms with Crippen LogP contribution in [0.4, 0.5) is 5.69 Å². The summed E-state index contributed by atoms with van der Waals surface area (Å²) in [6, 6.07) is 18.9. The lowest BCUT2D eigenvalue weighted by Crippen LogP contribution is -1.99. The zero-order valence-electron chi connectivity index (χ0n) is 11.4. The molecule has 0 radical (unpaired) electrons. The summed E-state index contributed by atoms with van der Waals surface area (Å²) in [7, 11) is 0. The Morgan fingerprint density at radius 3 is 2.30 bits per heavy atom. The van der Waals surface area contributed by atoms with Crippen molar-refractivity contribution in [1.29, 1.82) is 0 Å². The van der Waals surface area contributed by atoms with Gasteiger partial charge in [-0.05, 0) is 30.2 Å². The van der Waals surface area contributed by atoms with Crippen LogP contribution in [0, 0.1) is 6.92 Å². The van der Waals surface area contributed by atoms with Crippen LogP contribution in [0.25, 0.3) is 11.1 Å². The number of nitrogens with zero attached hydrogens (tertiary/aromatic N) is 1. The number of aromatic amines is 1. The quantitative estimate of drug-likeness (QED) is 0.747. The third kappa shape index (κ3) is 2.72. The molecule has 0 atom stereocenters. The van der Waals surface area contributed by atoms with E-state index in [9.17, 15) is 0 Å². The minimum Gasteiger partial charge on any atom is -0.381 e. The Morgan fingerprint density at radius 2 is 1.65 bits per heavy atom. The second kappa shape index (κ2) is 5.61. The van der Waals surface area contributed by atoms with Crippen molar-refractivity contribution in [2.24, 2.45) is 0 Å². The fourth-order valence-electron chi connectivity index (χ4n) is 2.16. The highest BCUT2D eigenvalue weighted by Gasteiger charge is 2.01. The van der Waals surface area contributed by atoms with Gasteiger partial charge >= 0.3 is 0 Å². The maximum atomic E-state index is 4.02. The van der Waals surface area contributed by atoms with E-state index in [4.69, 9.17) is 0 Å². The molecule has 0 aliphatic rings. The third-order valence-electron chi connectivity index (χ3n) is 3.41. The summed E-state index contributed by atoms with van der Waals surface area (Å²) < 4.78 is 0. The van der Waals surface area contributed by atoms with Gasteiger partial charge in [-0.25, -0.2) is 0 Å². The molecule has 0 aliphatic carbocycles. The maximum Gasteiger partial charge on any atom is 0.0539 e. The molecular formula is C17H17N3. The minimum atomic E-state index is 0.785. The van der Waals surface area contributed by atoms with Gasteiger partial charge in [-0.3, -0.25) is 5.10 Å². The molecular weight excluding hydrogens is 246 g/mol. The molecule has 0 bridgehead atoms. The predicted molar refractivity (Wildman–Crippen MR) is 82.5 cm³/mol. The largest absolute Gasteiger partial charge is 0.381 e. The molecule has 0 unspecified atom stereocenters. The number of aryl methyl sites for hydroxylation is 1. The van der Waals surface area contributed by atoms with E-state index in [-0.39, 0.29) is 0 Å². The second-order valence-corrected chi connectivity index (χ2v) is 4.82. The molecule has 1 aromatic heterocycles. The summed E-state index contributed by atoms with van der Waals surface area (Å²) in [5.74, 6) is 0. The monoisotopic (exact) mass is 263 g/mol. The number of H-pyrrole nitrogens is 1. The SMILES string of the molecule is Cc1[nH]ncc1CNc1ccc(-c2ccccc2)cc1. The summed E-state index contributed by atoms with van der Waals surface area (Å²) in [4.78, 5) is 0. The molecule has 0 aliphatic heterocycles. The first kappa shape index (κ1) is 12.5. The van der Waals surface area contributed by atoms with Gasteiger partial charge in [0.15, 0.2) is 0 Å². The fourth-order valence-corrected chi connectivity index (χ4v) is 2.16. The molecule has 3 rings (SSSR count). The Bertz CT molecular complexity index is 669. The Balaban J connectivity index is 1.69. The minimum absolute atomic E-state index is 0.785. The van der Waals surface area contributed by atoms with E-state index >= 15 is 0 Å². The Kier molecular flexibility index (Phi) is 3.50. The Morgan fingerprint density at radius 1 is 0.950 bits per heavy atom. The van der Waals surface area contributed by atoms with Gasteiger partial charge < -0.3 is 5.32 Å². The zero-order chi connectivity index (χ0) is 13.8. The van der Waals surface area contributed by atoms with Crippen molar-refractivity contribution in [2.45, 2.75) is 13.5 Å². The van der Waals surface area contributed by atoms with Gasteiger partial charge in [-0.2, -0.15) is 5.10 Å². The fraction of sp³-hybridized carbons (Fsp3) is 0.118. The highest BCUT2D eigenvalue weighted by atomic mass is 15.1. The normalized spacial score (nSPS) is 10.4. The summed E-state index contributed by atoms with van der Waals surface area (Å²) >= 11 is 0. The number of hydrogen-bond donors (Lipinski definition) is 2. The lowest BCUT2D eigenvalue weighted by atomic mass is 10.1. The van der Waals surface area contributed by atoms with Gasteiger partial charge in [-0.15, -0.1) is 0 Å². The molecule has 0 amide bonds. The topological polar surface area (TPSA) is 40.7 Å². The van der Waals surface area contributed by atoms with Crippen molar-refractivity contribution in [1.82, 2.24) is 10.2 Å². The van der Waals surface area contributed by atoms with E-state index in [1.54, 1.807) is 0 Å². The molecule has 3 aromatic rings. The number of hydrogen-bond acceptors (Lipinski definition) is 2. The molecule has 3 nitrogen and oxygen atoms in total. The van der Waals surface area contributed by atoms with Crippen LogP contribution in [-0.4, -0.2) is 10.2 Å². The first-order valence-electron chi connectivity index (χ1n) is 6.71. The second-order valence-electron chi connectivity index (χ2n) is 4.82. The van der Waals surface area contributed by atoms with Crippen LogP contribution in [0.5, 0.6) is 0 Å². The van der Waals surface area contributed by atoms with Gasteiger partial charge in [0, 0.05) is 23.5 Å². The number of benzene rings is 2. The van der Waals surface area contributed by atoms with Crippen molar-refractivity contribution in [3.8, 4) is 11.1 Å². The molecule has 0 spiro atoms. The van der Waals surface area contributed by atoms with Crippen LogP contribution in [0.1, 0.15) is 11.3 Å². The average molecular weight is 263 g/mol. The maximum absolute atomic E-state index is 4.02. The molecule has 2 N–H and O–H groups in total. The summed E-state index contributed by atoms with van der Waals surface area (Å²) in [6.45, 7) is 2.82. The average Bonchev–Trinajstić information content (AvgIpc) is 2.92. The van der Waals surface area contributed by atoms with Crippen molar-refractivity contribution in [3.63, 3.8) is 0 Å². The van der Waals surface area contributed by atoms with Crippen LogP contribution in [-0.2, 0) is 6.54 Å². The molecule has 100 valence electrons. The number of rotatable bonds is 4. The van der Waals surface area contributed by atoms with Crippen LogP contribution >= 0.6 is 0 Å². The molecule has 1 heterocycles. The molecule has 3 heteroatoms. The summed E-state index contributed by atoms with van der Waals surface area (Å²) in [6.07, 6.45) is 1.86. The van der Waals surface area contributed by atoms with Crippen molar-refractivity contribution >= 4 is 5.69 Å². The number of aromatic nitrogens is 2. The van der Waals surface area contributed by atoms with Crippen molar-refractivity contribution in [3.05, 3.63) is 72.1 Å². The first-order chi connectivity index (χ1) is 9.83. The molecule has 0 saturated heterocycles. The van der Waals surface area contributed by atoms with E-state index in [1.165, 1.54) is 16.7 Å². The smallest absolute Gasteiger partial charge is 0.0539 e. The summed E-state index contributed by atoms with van der Waals surface area (Å²) in [5.41, 5.74) is 5.89. The van der Waals surface area contributed by atoms with Crippen LogP contribution in [0.2, 0.25) is 0 Å². The van der Waals surface area contributed by atoms with E-state index in [2.05, 4.69) is 64.0 Å². The Hall–Kier alpha value is -2.55. The van der Waals surface area contributed by atoms with E-state index < -0.39 is 0 Å². The molecule has 0 saturated carbocycles. The Labute approximate surface area is 118 Å². The van der Waals surface area contributed by atoms with Crippen LogP contribution in [0.3, 0.4) is 0 Å². The lowest BCUT2D eigenvalue weighted by molar-refractivity contribution is 1.04. The predicted octanol–water partition coefficient (Wildman–Crippen LogP) is 4.00. The highest BCUT2D eigenvalue weighted by molar-refractivity contribution is 5.65. The van der Waals surface area contributed by atoms with Crippen LogP contribution in [0.15, 0.2) is 60.8 Å². The number of anilines is 1. The van der Waals surface area contributed by atoms with Gasteiger partial charge in [0.25, 0.3) is 0 Å². The third-order valence-corrected chi connectivity index (χ3v) is 3.41. The standard InChI is InChI=1S/C17H17N3/c1-13-16(12-19-20-13)11-18-17-9-7-15(8-10-17)14-5-3-2-4-6-14/h2-10,12,18H,11H2,1H3,(H,19,20). The molecule has 2 aromatic carbocycles. The van der Waals surface area contributed by atoms with Crippen molar-refractivity contribution < 1.29 is 0 Å². The van der Waals surface area contributed by atoms with Gasteiger partial charge in [-0.1, -0.05) is 42.5 Å².